The van der Waals surface area contributed by atoms with Crippen molar-refractivity contribution in [1.29, 1.82) is 0 Å². The minimum Gasteiger partial charge on any atom is -0.467 e. The van der Waals surface area contributed by atoms with E-state index < -0.39 is 0 Å². The summed E-state index contributed by atoms with van der Waals surface area (Å²) in [5.74, 6) is 0.162. The van der Waals surface area contributed by atoms with Gasteiger partial charge in [0, 0.05) is 24.8 Å². The average Bonchev–Trinajstić information content (AvgIpc) is 3.39. The Bertz CT molecular complexity index is 978. The van der Waals surface area contributed by atoms with Gasteiger partial charge in [-0.25, -0.2) is 9.07 Å². The Morgan fingerprint density at radius 3 is 2.90 bits per heavy atom. The second-order valence-corrected chi connectivity index (χ2v) is 7.06. The molecule has 1 saturated heterocycles. The lowest BCUT2D eigenvalue weighted by atomic mass is 10.1. The molecular formula is C21H23FN4O3. The average molecular weight is 398 g/mol. The molecule has 4 rings (SSSR count). The Labute approximate surface area is 168 Å². The van der Waals surface area contributed by atoms with Crippen molar-refractivity contribution in [2.24, 2.45) is 0 Å². The van der Waals surface area contributed by atoms with Crippen LogP contribution >= 0.6 is 0 Å². The number of nitrogens with zero attached hydrogens (tertiary/aromatic N) is 3. The number of aromatic nitrogens is 2. The van der Waals surface area contributed by atoms with Crippen LogP contribution < -0.4 is 5.32 Å². The van der Waals surface area contributed by atoms with Crippen LogP contribution in [-0.2, 0) is 11.3 Å². The molecule has 7 nitrogen and oxygen atoms in total. The molecule has 1 aliphatic heterocycles. The van der Waals surface area contributed by atoms with Crippen molar-refractivity contribution in [2.75, 3.05) is 26.3 Å². The molecule has 29 heavy (non-hydrogen) atoms. The number of halogens is 1. The maximum absolute atomic E-state index is 13.9. The Hall–Kier alpha value is -2.97. The molecule has 1 aromatic carbocycles. The number of morpholine rings is 1. The van der Waals surface area contributed by atoms with Crippen LogP contribution in [0.5, 0.6) is 0 Å². The number of ether oxygens (including phenoxy) is 1. The standard InChI is InChI=1S/C21H23FN4O3/c1-15(17-11-23-26(12-17)20-5-3-2-4-19(20)22)24-21(27)16-10-18(29-14-16)13-25-6-8-28-9-7-25/h2-5,10-12,14-15H,6-9,13H2,1H3,(H,24,27)/t15-/m0/s1. The topological polar surface area (TPSA) is 72.5 Å². The van der Waals surface area contributed by atoms with E-state index in [2.05, 4.69) is 15.3 Å². The molecular weight excluding hydrogens is 375 g/mol. The molecule has 1 fully saturated rings. The quantitative estimate of drug-likeness (QED) is 0.691. The summed E-state index contributed by atoms with van der Waals surface area (Å²) in [4.78, 5) is 14.8. The van der Waals surface area contributed by atoms with E-state index in [-0.39, 0.29) is 17.8 Å². The number of carbonyl (C=O) groups excluding carboxylic acids is 1. The van der Waals surface area contributed by atoms with E-state index >= 15 is 0 Å². The first-order chi connectivity index (χ1) is 14.1. The molecule has 152 valence electrons. The number of para-hydroxylation sites is 1. The molecule has 1 N–H and O–H groups in total. The first-order valence-electron chi connectivity index (χ1n) is 9.58. The highest BCUT2D eigenvalue weighted by Gasteiger charge is 2.18. The molecule has 1 aliphatic rings. The fourth-order valence-corrected chi connectivity index (χ4v) is 3.26. The third kappa shape index (κ3) is 4.55. The van der Waals surface area contributed by atoms with Gasteiger partial charge in [-0.3, -0.25) is 9.69 Å². The summed E-state index contributed by atoms with van der Waals surface area (Å²) in [5, 5.41) is 7.14. The van der Waals surface area contributed by atoms with Crippen LogP contribution in [0.2, 0.25) is 0 Å². The molecule has 0 bridgehead atoms. The Morgan fingerprint density at radius 2 is 2.10 bits per heavy atom. The number of rotatable bonds is 6. The normalized spacial score (nSPS) is 15.9. The van der Waals surface area contributed by atoms with Gasteiger partial charge in [0.25, 0.3) is 5.91 Å². The number of carbonyl (C=O) groups is 1. The number of hydrogen-bond donors (Lipinski definition) is 1. The van der Waals surface area contributed by atoms with E-state index in [1.807, 2.05) is 6.92 Å². The zero-order valence-corrected chi connectivity index (χ0v) is 16.2. The molecule has 8 heteroatoms. The van der Waals surface area contributed by atoms with Gasteiger partial charge in [0.2, 0.25) is 0 Å². The van der Waals surface area contributed by atoms with Crippen LogP contribution in [0.25, 0.3) is 5.69 Å². The second-order valence-electron chi connectivity index (χ2n) is 7.06. The lowest BCUT2D eigenvalue weighted by molar-refractivity contribution is 0.0313. The fourth-order valence-electron chi connectivity index (χ4n) is 3.26. The summed E-state index contributed by atoms with van der Waals surface area (Å²) < 4.78 is 26.3. The number of amides is 1. The van der Waals surface area contributed by atoms with Crippen LogP contribution in [-0.4, -0.2) is 46.9 Å². The summed E-state index contributed by atoms with van der Waals surface area (Å²) >= 11 is 0. The van der Waals surface area contributed by atoms with Crippen molar-refractivity contribution in [3.05, 3.63) is 71.7 Å². The summed E-state index contributed by atoms with van der Waals surface area (Å²) in [6.07, 6.45) is 4.81. The first-order valence-corrected chi connectivity index (χ1v) is 9.58. The van der Waals surface area contributed by atoms with Crippen LogP contribution in [0.4, 0.5) is 4.39 Å². The van der Waals surface area contributed by atoms with Crippen LogP contribution in [0.15, 0.2) is 53.4 Å². The van der Waals surface area contributed by atoms with Crippen molar-refractivity contribution < 1.29 is 18.3 Å². The zero-order valence-electron chi connectivity index (χ0n) is 16.2. The van der Waals surface area contributed by atoms with Gasteiger partial charge in [-0.1, -0.05) is 12.1 Å². The Balaban J connectivity index is 1.38. The van der Waals surface area contributed by atoms with Gasteiger partial charge in [0.1, 0.15) is 23.5 Å². The van der Waals surface area contributed by atoms with Crippen LogP contribution in [0.1, 0.15) is 34.6 Å². The number of nitrogens with one attached hydrogen (secondary N) is 1. The monoisotopic (exact) mass is 398 g/mol. The van der Waals surface area contributed by atoms with Crippen molar-refractivity contribution in [2.45, 2.75) is 19.5 Å². The zero-order chi connectivity index (χ0) is 20.2. The third-order valence-electron chi connectivity index (χ3n) is 4.95. The summed E-state index contributed by atoms with van der Waals surface area (Å²) in [7, 11) is 0. The summed E-state index contributed by atoms with van der Waals surface area (Å²) in [6.45, 7) is 5.64. The minimum absolute atomic E-state index is 0.229. The number of hydrogen-bond acceptors (Lipinski definition) is 5. The van der Waals surface area contributed by atoms with Crippen molar-refractivity contribution >= 4 is 5.91 Å². The summed E-state index contributed by atoms with van der Waals surface area (Å²) in [5.41, 5.74) is 1.61. The molecule has 0 saturated carbocycles. The minimum atomic E-state index is -0.356. The molecule has 1 atom stereocenters. The Morgan fingerprint density at radius 1 is 1.31 bits per heavy atom. The molecule has 3 heterocycles. The lowest BCUT2D eigenvalue weighted by Gasteiger charge is -2.25. The van der Waals surface area contributed by atoms with Crippen molar-refractivity contribution in [1.82, 2.24) is 20.0 Å². The molecule has 0 radical (unpaired) electrons. The first kappa shape index (κ1) is 19.4. The van der Waals surface area contributed by atoms with Gasteiger partial charge in [-0.05, 0) is 25.1 Å². The van der Waals surface area contributed by atoms with Gasteiger partial charge < -0.3 is 14.5 Å². The highest BCUT2D eigenvalue weighted by Crippen LogP contribution is 2.18. The van der Waals surface area contributed by atoms with Gasteiger partial charge in [0.15, 0.2) is 0 Å². The number of furan rings is 1. The molecule has 3 aromatic rings. The summed E-state index contributed by atoms with van der Waals surface area (Å²) in [6, 6.07) is 7.88. The van der Waals surface area contributed by atoms with Gasteiger partial charge in [-0.15, -0.1) is 0 Å². The predicted octanol–water partition coefficient (Wildman–Crippen LogP) is 2.93. The maximum Gasteiger partial charge on any atom is 0.255 e. The number of benzene rings is 1. The van der Waals surface area contributed by atoms with Gasteiger partial charge in [0.05, 0.1) is 37.6 Å². The molecule has 0 aliphatic carbocycles. The van der Waals surface area contributed by atoms with E-state index in [0.29, 0.717) is 31.0 Å². The maximum atomic E-state index is 13.9. The van der Waals surface area contributed by atoms with Crippen molar-refractivity contribution in [3.8, 4) is 5.69 Å². The van der Waals surface area contributed by atoms with Gasteiger partial charge >= 0.3 is 0 Å². The highest BCUT2D eigenvalue weighted by molar-refractivity contribution is 5.94. The molecule has 0 spiro atoms. The van der Waals surface area contributed by atoms with Crippen molar-refractivity contribution in [3.63, 3.8) is 0 Å². The van der Waals surface area contributed by atoms with Crippen LogP contribution in [0.3, 0.4) is 0 Å². The SMILES string of the molecule is C[C@H](NC(=O)c1coc(CN2CCOCC2)c1)c1cnn(-c2ccccc2F)c1. The van der Waals surface area contributed by atoms with E-state index in [0.717, 1.165) is 24.4 Å². The van der Waals surface area contributed by atoms with E-state index in [4.69, 9.17) is 9.15 Å². The molecule has 0 unspecified atom stereocenters. The fraction of sp³-hybridized carbons (Fsp3) is 0.333. The molecule has 1 amide bonds. The Kier molecular flexibility index (Phi) is 5.73. The second kappa shape index (κ2) is 8.59. The van der Waals surface area contributed by atoms with E-state index in [1.54, 1.807) is 36.7 Å². The van der Waals surface area contributed by atoms with E-state index in [9.17, 15) is 9.18 Å². The molecule has 2 aromatic heterocycles. The van der Waals surface area contributed by atoms with E-state index in [1.165, 1.54) is 17.0 Å². The van der Waals surface area contributed by atoms with Gasteiger partial charge in [-0.2, -0.15) is 5.10 Å². The lowest BCUT2D eigenvalue weighted by Crippen LogP contribution is -2.35. The predicted molar refractivity (Wildman–Crippen MR) is 104 cm³/mol. The smallest absolute Gasteiger partial charge is 0.255 e. The third-order valence-corrected chi connectivity index (χ3v) is 4.95. The largest absolute Gasteiger partial charge is 0.467 e. The van der Waals surface area contributed by atoms with Crippen LogP contribution in [0, 0.1) is 5.82 Å². The highest BCUT2D eigenvalue weighted by atomic mass is 19.1.